The molecule has 0 unspecified atom stereocenters. The van der Waals surface area contributed by atoms with Crippen molar-refractivity contribution in [2.24, 2.45) is 0 Å². The first-order valence-corrected chi connectivity index (χ1v) is 4.77. The Bertz CT molecular complexity index is 374. The lowest BCUT2D eigenvalue weighted by Gasteiger charge is -2.04. The minimum absolute atomic E-state index is 0.0113. The molecule has 0 aliphatic rings. The molecule has 6 nitrogen and oxygen atoms in total. The van der Waals surface area contributed by atoms with E-state index in [0.717, 1.165) is 0 Å². The molecule has 15 heavy (non-hydrogen) atoms. The molecular weight excluding hydrogens is 196 g/mol. The molecule has 1 aromatic rings. The lowest BCUT2D eigenvalue weighted by atomic mass is 10.3. The third kappa shape index (κ3) is 4.26. The predicted octanol–water partition coefficient (Wildman–Crippen LogP) is -0.292. The average Bonchev–Trinajstić information content (AvgIpc) is 2.18. The number of carbonyl (C=O) groups excluding carboxylic acids is 1. The third-order valence-corrected chi connectivity index (χ3v) is 1.72. The first-order chi connectivity index (χ1) is 7.22. The van der Waals surface area contributed by atoms with E-state index in [1.165, 1.54) is 12.3 Å². The van der Waals surface area contributed by atoms with Crippen molar-refractivity contribution < 1.29 is 4.79 Å². The van der Waals surface area contributed by atoms with Gasteiger partial charge in [0.1, 0.15) is 0 Å². The monoisotopic (exact) mass is 210 g/mol. The van der Waals surface area contributed by atoms with Crippen LogP contribution in [0.2, 0.25) is 0 Å². The zero-order valence-electron chi connectivity index (χ0n) is 8.54. The Morgan fingerprint density at radius 3 is 3.07 bits per heavy atom. The molecule has 1 heterocycles. The minimum atomic E-state index is -0.266. The van der Waals surface area contributed by atoms with Gasteiger partial charge < -0.3 is 10.6 Å². The molecule has 82 valence electrons. The highest BCUT2D eigenvalue weighted by Crippen LogP contribution is 1.97. The van der Waals surface area contributed by atoms with Gasteiger partial charge in [-0.2, -0.15) is 5.10 Å². The number of hydrogen-bond donors (Lipinski definition) is 3. The zero-order chi connectivity index (χ0) is 11.1. The molecular formula is C9H14N4O2. The van der Waals surface area contributed by atoms with Crippen molar-refractivity contribution >= 4 is 11.6 Å². The van der Waals surface area contributed by atoms with Crippen LogP contribution in [0.25, 0.3) is 0 Å². The molecule has 1 amide bonds. The van der Waals surface area contributed by atoms with Crippen LogP contribution in [0.1, 0.15) is 13.3 Å². The van der Waals surface area contributed by atoms with E-state index in [1.54, 1.807) is 0 Å². The van der Waals surface area contributed by atoms with Crippen LogP contribution >= 0.6 is 0 Å². The molecule has 6 heteroatoms. The molecule has 0 radical (unpaired) electrons. The Kier molecular flexibility index (Phi) is 4.33. The van der Waals surface area contributed by atoms with Gasteiger partial charge in [-0.05, 0) is 6.92 Å². The summed E-state index contributed by atoms with van der Waals surface area (Å²) in [6, 6.07) is 1.39. The number of nitrogens with one attached hydrogen (secondary N) is 3. The maximum Gasteiger partial charge on any atom is 0.266 e. The summed E-state index contributed by atoms with van der Waals surface area (Å²) in [5.74, 6) is -0.0113. The fourth-order valence-corrected chi connectivity index (χ4v) is 1.08. The molecule has 0 aromatic carbocycles. The van der Waals surface area contributed by atoms with Gasteiger partial charge >= 0.3 is 0 Å². The van der Waals surface area contributed by atoms with E-state index in [0.29, 0.717) is 25.2 Å². The van der Waals surface area contributed by atoms with Gasteiger partial charge in [0.2, 0.25) is 5.91 Å². The van der Waals surface area contributed by atoms with Crippen LogP contribution in [-0.2, 0) is 4.79 Å². The Morgan fingerprint density at radius 2 is 2.40 bits per heavy atom. The number of aromatic nitrogens is 2. The summed E-state index contributed by atoms with van der Waals surface area (Å²) >= 11 is 0. The van der Waals surface area contributed by atoms with Gasteiger partial charge in [0.25, 0.3) is 5.56 Å². The summed E-state index contributed by atoms with van der Waals surface area (Å²) in [5, 5.41) is 11.5. The standard InChI is InChI=1S/C9H14N4O2/c1-2-10-8(14)3-4-11-7-5-9(15)13-12-6-7/h5-6H,2-4H2,1H3,(H,10,14)(H2,11,13,15). The second kappa shape index (κ2) is 5.79. The van der Waals surface area contributed by atoms with E-state index < -0.39 is 0 Å². The van der Waals surface area contributed by atoms with Gasteiger partial charge in [0, 0.05) is 25.6 Å². The first kappa shape index (κ1) is 11.2. The van der Waals surface area contributed by atoms with Gasteiger partial charge in [-0.3, -0.25) is 9.59 Å². The van der Waals surface area contributed by atoms with Crippen molar-refractivity contribution in [1.29, 1.82) is 0 Å². The first-order valence-electron chi connectivity index (χ1n) is 4.77. The van der Waals surface area contributed by atoms with Gasteiger partial charge in [-0.15, -0.1) is 0 Å². The Labute approximate surface area is 87.1 Å². The fourth-order valence-electron chi connectivity index (χ4n) is 1.08. The number of nitrogens with zero attached hydrogens (tertiary/aromatic N) is 1. The lowest BCUT2D eigenvalue weighted by molar-refractivity contribution is -0.120. The number of aromatic amines is 1. The number of anilines is 1. The number of carbonyl (C=O) groups is 1. The quantitative estimate of drug-likeness (QED) is 0.623. The number of rotatable bonds is 5. The van der Waals surface area contributed by atoms with Crippen LogP contribution in [0.3, 0.4) is 0 Å². The van der Waals surface area contributed by atoms with Gasteiger partial charge in [-0.1, -0.05) is 0 Å². The molecule has 0 atom stereocenters. The van der Waals surface area contributed by atoms with Crippen molar-refractivity contribution in [1.82, 2.24) is 15.5 Å². The minimum Gasteiger partial charge on any atom is -0.383 e. The van der Waals surface area contributed by atoms with E-state index in [9.17, 15) is 9.59 Å². The summed E-state index contributed by atoms with van der Waals surface area (Å²) < 4.78 is 0. The number of amides is 1. The largest absolute Gasteiger partial charge is 0.383 e. The third-order valence-electron chi connectivity index (χ3n) is 1.72. The maximum atomic E-state index is 11.1. The van der Waals surface area contributed by atoms with Gasteiger partial charge in [-0.25, -0.2) is 5.10 Å². The Balaban J connectivity index is 2.32. The highest BCUT2D eigenvalue weighted by atomic mass is 16.1. The van der Waals surface area contributed by atoms with E-state index in [-0.39, 0.29) is 11.5 Å². The van der Waals surface area contributed by atoms with E-state index in [2.05, 4.69) is 20.8 Å². The molecule has 0 spiro atoms. The van der Waals surface area contributed by atoms with Crippen molar-refractivity contribution in [2.75, 3.05) is 18.4 Å². The highest BCUT2D eigenvalue weighted by molar-refractivity contribution is 5.76. The summed E-state index contributed by atoms with van der Waals surface area (Å²) in [4.78, 5) is 21.9. The zero-order valence-corrected chi connectivity index (χ0v) is 8.54. The van der Waals surface area contributed by atoms with Gasteiger partial charge in [0.05, 0.1) is 11.9 Å². The van der Waals surface area contributed by atoms with Crippen LogP contribution < -0.4 is 16.2 Å². The highest BCUT2D eigenvalue weighted by Gasteiger charge is 1.98. The number of hydrogen-bond acceptors (Lipinski definition) is 4. The van der Waals surface area contributed by atoms with Gasteiger partial charge in [0.15, 0.2) is 0 Å². The molecule has 0 saturated heterocycles. The van der Waals surface area contributed by atoms with E-state index >= 15 is 0 Å². The normalized spacial score (nSPS) is 9.67. The van der Waals surface area contributed by atoms with Crippen molar-refractivity contribution in [3.8, 4) is 0 Å². The number of H-pyrrole nitrogens is 1. The molecule has 0 bridgehead atoms. The Morgan fingerprint density at radius 1 is 1.60 bits per heavy atom. The fraction of sp³-hybridized carbons (Fsp3) is 0.444. The predicted molar refractivity (Wildman–Crippen MR) is 56.6 cm³/mol. The summed E-state index contributed by atoms with van der Waals surface area (Å²) in [6.07, 6.45) is 1.87. The van der Waals surface area contributed by atoms with Crippen molar-refractivity contribution in [3.63, 3.8) is 0 Å². The summed E-state index contributed by atoms with van der Waals surface area (Å²) in [7, 11) is 0. The molecule has 1 rings (SSSR count). The van der Waals surface area contributed by atoms with Crippen LogP contribution in [-0.4, -0.2) is 29.2 Å². The average molecular weight is 210 g/mol. The second-order valence-electron chi connectivity index (χ2n) is 2.96. The summed E-state index contributed by atoms with van der Waals surface area (Å²) in [5.41, 5.74) is 0.348. The molecule has 0 aliphatic heterocycles. The van der Waals surface area contributed by atoms with E-state index in [4.69, 9.17) is 0 Å². The second-order valence-corrected chi connectivity index (χ2v) is 2.96. The lowest BCUT2D eigenvalue weighted by Crippen LogP contribution is -2.24. The molecule has 0 saturated carbocycles. The maximum absolute atomic E-state index is 11.1. The van der Waals surface area contributed by atoms with Crippen molar-refractivity contribution in [2.45, 2.75) is 13.3 Å². The van der Waals surface area contributed by atoms with Crippen LogP contribution in [0, 0.1) is 0 Å². The molecule has 0 aliphatic carbocycles. The smallest absolute Gasteiger partial charge is 0.266 e. The SMILES string of the molecule is CCNC(=O)CCNc1cn[nH]c(=O)c1. The Hall–Kier alpha value is -1.85. The van der Waals surface area contributed by atoms with Crippen LogP contribution in [0.5, 0.6) is 0 Å². The van der Waals surface area contributed by atoms with E-state index in [1.807, 2.05) is 6.92 Å². The van der Waals surface area contributed by atoms with Crippen LogP contribution in [0.15, 0.2) is 17.1 Å². The van der Waals surface area contributed by atoms with Crippen LogP contribution in [0.4, 0.5) is 5.69 Å². The molecule has 1 aromatic heterocycles. The summed E-state index contributed by atoms with van der Waals surface area (Å²) in [6.45, 7) is 2.98. The molecule has 3 N–H and O–H groups in total. The van der Waals surface area contributed by atoms with Crippen molar-refractivity contribution in [3.05, 3.63) is 22.6 Å². The molecule has 0 fully saturated rings. The topological polar surface area (TPSA) is 86.9 Å².